The minimum Gasteiger partial charge on any atom is -0.383 e. The van der Waals surface area contributed by atoms with E-state index in [1.807, 2.05) is 6.07 Å². The number of nitrogen functional groups attached to an aromatic ring is 1. The third-order valence-electron chi connectivity index (χ3n) is 4.21. The first kappa shape index (κ1) is 11.9. The molecule has 2 fully saturated rings. The van der Waals surface area contributed by atoms with Crippen molar-refractivity contribution in [3.63, 3.8) is 0 Å². The highest BCUT2D eigenvalue weighted by Crippen LogP contribution is 2.42. The van der Waals surface area contributed by atoms with Crippen LogP contribution in [0.1, 0.15) is 37.2 Å². The summed E-state index contributed by atoms with van der Waals surface area (Å²) in [7, 11) is 0. The Labute approximate surface area is 107 Å². The highest BCUT2D eigenvalue weighted by Gasteiger charge is 2.39. The van der Waals surface area contributed by atoms with Crippen molar-refractivity contribution >= 4 is 5.82 Å². The molecule has 0 aliphatic carbocycles. The summed E-state index contributed by atoms with van der Waals surface area (Å²) in [6.45, 7) is 2.45. The third-order valence-corrected chi connectivity index (χ3v) is 4.21. The van der Waals surface area contributed by atoms with E-state index in [-0.39, 0.29) is 5.60 Å². The van der Waals surface area contributed by atoms with E-state index < -0.39 is 0 Å². The standard InChI is InChI=1S/C14H20N2O2/c15-13-12(2-1-6-16-13)11-3-7-18-14(10-11)4-8-17-9-5-14/h1-2,6,11H,3-5,7-10H2,(H2,15,16). The van der Waals surface area contributed by atoms with Gasteiger partial charge in [0.1, 0.15) is 5.82 Å². The summed E-state index contributed by atoms with van der Waals surface area (Å²) in [5.41, 5.74) is 7.20. The lowest BCUT2D eigenvalue weighted by Crippen LogP contribution is -2.43. The lowest BCUT2D eigenvalue weighted by molar-refractivity contribution is -0.138. The second kappa shape index (κ2) is 4.86. The number of ether oxygens (including phenoxy) is 2. The van der Waals surface area contributed by atoms with E-state index in [1.54, 1.807) is 6.20 Å². The molecule has 1 unspecified atom stereocenters. The van der Waals surface area contributed by atoms with Crippen LogP contribution in [0.5, 0.6) is 0 Å². The Morgan fingerprint density at radius 2 is 2.11 bits per heavy atom. The van der Waals surface area contributed by atoms with Gasteiger partial charge in [0, 0.05) is 26.0 Å². The number of anilines is 1. The molecule has 2 aliphatic heterocycles. The maximum atomic E-state index is 6.06. The van der Waals surface area contributed by atoms with Crippen LogP contribution in [-0.4, -0.2) is 30.4 Å². The molecule has 0 bridgehead atoms. The SMILES string of the molecule is Nc1ncccc1C1CCOC2(CCOCC2)C1. The van der Waals surface area contributed by atoms with Gasteiger partial charge in [-0.25, -0.2) is 4.98 Å². The Kier molecular flexibility index (Phi) is 3.22. The zero-order valence-corrected chi connectivity index (χ0v) is 10.6. The van der Waals surface area contributed by atoms with Gasteiger partial charge in [0.05, 0.1) is 5.60 Å². The van der Waals surface area contributed by atoms with Crippen molar-refractivity contribution in [3.05, 3.63) is 23.9 Å². The Balaban J connectivity index is 1.80. The predicted octanol–water partition coefficient (Wildman–Crippen LogP) is 2.11. The quantitative estimate of drug-likeness (QED) is 0.827. The maximum Gasteiger partial charge on any atom is 0.126 e. The van der Waals surface area contributed by atoms with Crippen molar-refractivity contribution in [3.8, 4) is 0 Å². The highest BCUT2D eigenvalue weighted by molar-refractivity contribution is 5.41. The van der Waals surface area contributed by atoms with E-state index in [0.717, 1.165) is 45.5 Å². The van der Waals surface area contributed by atoms with Crippen LogP contribution >= 0.6 is 0 Å². The van der Waals surface area contributed by atoms with Gasteiger partial charge in [-0.1, -0.05) is 6.07 Å². The zero-order valence-electron chi connectivity index (χ0n) is 10.6. The Morgan fingerprint density at radius 1 is 1.28 bits per heavy atom. The first-order valence-corrected chi connectivity index (χ1v) is 6.71. The second-order valence-electron chi connectivity index (χ2n) is 5.31. The van der Waals surface area contributed by atoms with Crippen molar-refractivity contribution in [2.75, 3.05) is 25.6 Å². The van der Waals surface area contributed by atoms with Crippen LogP contribution in [0.3, 0.4) is 0 Å². The molecule has 3 rings (SSSR count). The molecule has 4 heteroatoms. The topological polar surface area (TPSA) is 57.4 Å². The van der Waals surface area contributed by atoms with Crippen molar-refractivity contribution in [1.82, 2.24) is 4.98 Å². The smallest absolute Gasteiger partial charge is 0.126 e. The van der Waals surface area contributed by atoms with Crippen LogP contribution in [0.25, 0.3) is 0 Å². The monoisotopic (exact) mass is 248 g/mol. The lowest BCUT2D eigenvalue weighted by atomic mass is 9.78. The number of hydrogen-bond acceptors (Lipinski definition) is 4. The molecule has 2 saturated heterocycles. The van der Waals surface area contributed by atoms with E-state index in [4.69, 9.17) is 15.2 Å². The van der Waals surface area contributed by atoms with Crippen molar-refractivity contribution < 1.29 is 9.47 Å². The van der Waals surface area contributed by atoms with E-state index in [9.17, 15) is 0 Å². The largest absolute Gasteiger partial charge is 0.383 e. The molecular formula is C14H20N2O2. The number of aromatic nitrogens is 1. The van der Waals surface area contributed by atoms with E-state index >= 15 is 0 Å². The Bertz CT molecular complexity index is 411. The van der Waals surface area contributed by atoms with Crippen molar-refractivity contribution in [2.24, 2.45) is 0 Å². The molecule has 0 radical (unpaired) electrons. The molecule has 18 heavy (non-hydrogen) atoms. The zero-order chi connectivity index (χ0) is 12.4. The fourth-order valence-electron chi connectivity index (χ4n) is 3.16. The van der Waals surface area contributed by atoms with Crippen LogP contribution in [0, 0.1) is 0 Å². The third kappa shape index (κ3) is 2.22. The molecule has 1 atom stereocenters. The minimum atomic E-state index is 0.0173. The number of nitrogens with two attached hydrogens (primary N) is 1. The van der Waals surface area contributed by atoms with Crippen molar-refractivity contribution in [2.45, 2.75) is 37.2 Å². The molecule has 98 valence electrons. The molecule has 3 heterocycles. The van der Waals surface area contributed by atoms with Gasteiger partial charge in [0.15, 0.2) is 0 Å². The summed E-state index contributed by atoms with van der Waals surface area (Å²) < 4.78 is 11.5. The van der Waals surface area contributed by atoms with Gasteiger partial charge >= 0.3 is 0 Å². The second-order valence-corrected chi connectivity index (χ2v) is 5.31. The highest BCUT2D eigenvalue weighted by atomic mass is 16.5. The first-order valence-electron chi connectivity index (χ1n) is 6.71. The van der Waals surface area contributed by atoms with Crippen LogP contribution in [-0.2, 0) is 9.47 Å². The minimum absolute atomic E-state index is 0.0173. The van der Waals surface area contributed by atoms with Crippen LogP contribution in [0.4, 0.5) is 5.82 Å². The summed E-state index contributed by atoms with van der Waals surface area (Å²) in [4.78, 5) is 4.20. The van der Waals surface area contributed by atoms with Gasteiger partial charge in [-0.15, -0.1) is 0 Å². The fourth-order valence-corrected chi connectivity index (χ4v) is 3.16. The lowest BCUT2D eigenvalue weighted by Gasteiger charge is -2.43. The fraction of sp³-hybridized carbons (Fsp3) is 0.643. The molecular weight excluding hydrogens is 228 g/mol. The molecule has 1 aromatic rings. The van der Waals surface area contributed by atoms with Gasteiger partial charge in [0.2, 0.25) is 0 Å². The Hall–Kier alpha value is -1.13. The van der Waals surface area contributed by atoms with Gasteiger partial charge in [-0.3, -0.25) is 0 Å². The molecule has 0 saturated carbocycles. The molecule has 1 aromatic heterocycles. The normalized spacial score (nSPS) is 27.2. The number of pyridine rings is 1. The summed E-state index contributed by atoms with van der Waals surface area (Å²) >= 11 is 0. The van der Waals surface area contributed by atoms with Crippen LogP contribution < -0.4 is 5.73 Å². The Morgan fingerprint density at radius 3 is 2.89 bits per heavy atom. The summed E-state index contributed by atoms with van der Waals surface area (Å²) in [6, 6.07) is 4.07. The molecule has 4 nitrogen and oxygen atoms in total. The molecule has 2 aliphatic rings. The molecule has 0 aromatic carbocycles. The molecule has 1 spiro atoms. The van der Waals surface area contributed by atoms with Gasteiger partial charge < -0.3 is 15.2 Å². The van der Waals surface area contributed by atoms with Gasteiger partial charge in [-0.2, -0.15) is 0 Å². The summed E-state index contributed by atoms with van der Waals surface area (Å²) in [6.07, 6.45) is 5.85. The number of hydrogen-bond donors (Lipinski definition) is 1. The van der Waals surface area contributed by atoms with E-state index in [2.05, 4.69) is 11.1 Å². The summed E-state index contributed by atoms with van der Waals surface area (Å²) in [5.74, 6) is 1.15. The molecule has 2 N–H and O–H groups in total. The van der Waals surface area contributed by atoms with Gasteiger partial charge in [-0.05, 0) is 43.2 Å². The molecule has 0 amide bonds. The number of rotatable bonds is 1. The van der Waals surface area contributed by atoms with Crippen LogP contribution in [0.2, 0.25) is 0 Å². The summed E-state index contributed by atoms with van der Waals surface area (Å²) in [5, 5.41) is 0. The maximum absolute atomic E-state index is 6.06. The van der Waals surface area contributed by atoms with Crippen molar-refractivity contribution in [1.29, 1.82) is 0 Å². The number of nitrogens with zero attached hydrogens (tertiary/aromatic N) is 1. The van der Waals surface area contributed by atoms with E-state index in [1.165, 1.54) is 5.56 Å². The van der Waals surface area contributed by atoms with Crippen LogP contribution in [0.15, 0.2) is 18.3 Å². The predicted molar refractivity (Wildman–Crippen MR) is 69.4 cm³/mol. The van der Waals surface area contributed by atoms with Gasteiger partial charge in [0.25, 0.3) is 0 Å². The average Bonchev–Trinajstić information content (AvgIpc) is 2.40. The average molecular weight is 248 g/mol. The van der Waals surface area contributed by atoms with E-state index in [0.29, 0.717) is 11.7 Å². The first-order chi connectivity index (χ1) is 8.79.